The smallest absolute Gasteiger partial charge is 0.222 e. The van der Waals surface area contributed by atoms with Crippen LogP contribution in [-0.2, 0) is 0 Å². The van der Waals surface area contributed by atoms with Gasteiger partial charge in [-0.1, -0.05) is 0 Å². The lowest BCUT2D eigenvalue weighted by Crippen LogP contribution is -2.33. The van der Waals surface area contributed by atoms with Crippen LogP contribution in [0.25, 0.3) is 11.3 Å². The Bertz CT molecular complexity index is 485. The van der Waals surface area contributed by atoms with Gasteiger partial charge in [0.15, 0.2) is 0 Å². The third-order valence-electron chi connectivity index (χ3n) is 3.51. The molecule has 3 N–H and O–H groups in total. The van der Waals surface area contributed by atoms with Crippen LogP contribution in [0.15, 0.2) is 30.7 Å². The lowest BCUT2D eigenvalue weighted by atomic mass is 10.00. The van der Waals surface area contributed by atoms with Crippen molar-refractivity contribution in [3.05, 3.63) is 30.7 Å². The van der Waals surface area contributed by atoms with Crippen LogP contribution in [0.3, 0.4) is 0 Å². The number of anilines is 1. The maximum atomic E-state index is 4.36. The molecule has 0 aliphatic carbocycles. The molecule has 3 heterocycles. The largest absolute Gasteiger partial charge is 0.361 e. The highest BCUT2D eigenvalue weighted by Gasteiger charge is 2.12. The molecule has 1 unspecified atom stereocenters. The summed E-state index contributed by atoms with van der Waals surface area (Å²) >= 11 is 0. The van der Waals surface area contributed by atoms with E-state index in [1.165, 1.54) is 12.8 Å². The van der Waals surface area contributed by atoms with E-state index in [0.717, 1.165) is 30.9 Å². The molecule has 2 aromatic rings. The molecule has 100 valence electrons. The number of H-pyrrole nitrogens is 1. The zero-order valence-electron chi connectivity index (χ0n) is 10.9. The minimum atomic E-state index is 0.681. The molecule has 5 heteroatoms. The number of nitrogens with zero attached hydrogens (tertiary/aromatic N) is 2. The van der Waals surface area contributed by atoms with Crippen LogP contribution < -0.4 is 10.6 Å². The van der Waals surface area contributed by atoms with Crippen LogP contribution in [0.1, 0.15) is 12.8 Å². The Kier molecular flexibility index (Phi) is 3.74. The molecule has 2 aromatic heterocycles. The molecule has 3 rings (SSSR count). The summed E-state index contributed by atoms with van der Waals surface area (Å²) in [6.07, 6.45) is 8.14. The first kappa shape index (κ1) is 12.2. The fourth-order valence-electron chi connectivity index (χ4n) is 2.40. The summed E-state index contributed by atoms with van der Waals surface area (Å²) in [5.41, 5.74) is 2.05. The zero-order chi connectivity index (χ0) is 12.9. The Labute approximate surface area is 112 Å². The summed E-state index contributed by atoms with van der Waals surface area (Å²) in [6.45, 7) is 3.18. The molecule has 1 fully saturated rings. The van der Waals surface area contributed by atoms with Crippen LogP contribution in [0.5, 0.6) is 0 Å². The predicted molar refractivity (Wildman–Crippen MR) is 75.9 cm³/mol. The molecule has 0 spiro atoms. The summed E-state index contributed by atoms with van der Waals surface area (Å²) < 4.78 is 0. The second kappa shape index (κ2) is 5.84. The van der Waals surface area contributed by atoms with Crippen molar-refractivity contribution in [3.8, 4) is 11.3 Å². The minimum Gasteiger partial charge on any atom is -0.361 e. The monoisotopic (exact) mass is 257 g/mol. The first-order valence-corrected chi connectivity index (χ1v) is 6.82. The van der Waals surface area contributed by atoms with Crippen molar-refractivity contribution in [3.63, 3.8) is 0 Å². The summed E-state index contributed by atoms with van der Waals surface area (Å²) in [5, 5.41) is 6.73. The minimum absolute atomic E-state index is 0.681. The summed E-state index contributed by atoms with van der Waals surface area (Å²) in [7, 11) is 0. The third kappa shape index (κ3) is 3.12. The van der Waals surface area contributed by atoms with Crippen molar-refractivity contribution >= 4 is 5.95 Å². The molecule has 1 atom stereocenters. The van der Waals surface area contributed by atoms with Gasteiger partial charge >= 0.3 is 0 Å². The number of aromatic amines is 1. The number of piperidine rings is 1. The van der Waals surface area contributed by atoms with E-state index >= 15 is 0 Å². The van der Waals surface area contributed by atoms with Gasteiger partial charge in [-0.25, -0.2) is 9.97 Å². The van der Waals surface area contributed by atoms with E-state index in [0.29, 0.717) is 11.9 Å². The zero-order valence-corrected chi connectivity index (χ0v) is 10.9. The number of nitrogens with one attached hydrogen (secondary N) is 3. The van der Waals surface area contributed by atoms with E-state index < -0.39 is 0 Å². The highest BCUT2D eigenvalue weighted by Crippen LogP contribution is 2.15. The van der Waals surface area contributed by atoms with Crippen molar-refractivity contribution in [2.75, 3.05) is 25.0 Å². The van der Waals surface area contributed by atoms with E-state index in [2.05, 4.69) is 25.6 Å². The topological polar surface area (TPSA) is 65.6 Å². The van der Waals surface area contributed by atoms with Gasteiger partial charge in [-0.15, -0.1) is 0 Å². The molecule has 19 heavy (non-hydrogen) atoms. The van der Waals surface area contributed by atoms with Gasteiger partial charge in [0.25, 0.3) is 0 Å². The van der Waals surface area contributed by atoms with Crippen LogP contribution in [0.4, 0.5) is 5.95 Å². The molecule has 1 saturated heterocycles. The number of rotatable bonds is 4. The molecule has 1 aliphatic rings. The van der Waals surface area contributed by atoms with Crippen molar-refractivity contribution in [2.45, 2.75) is 12.8 Å². The second-order valence-corrected chi connectivity index (χ2v) is 4.97. The molecule has 0 saturated carbocycles. The Hall–Kier alpha value is -1.88. The van der Waals surface area contributed by atoms with Crippen molar-refractivity contribution in [1.82, 2.24) is 20.3 Å². The lowest BCUT2D eigenvalue weighted by molar-refractivity contribution is 0.392. The fraction of sp³-hybridized carbons (Fsp3) is 0.429. The predicted octanol–water partition coefficient (Wildman–Crippen LogP) is 1.88. The fourth-order valence-corrected chi connectivity index (χ4v) is 2.40. The summed E-state index contributed by atoms with van der Waals surface area (Å²) in [5.74, 6) is 1.39. The van der Waals surface area contributed by atoms with Gasteiger partial charge in [0, 0.05) is 36.4 Å². The van der Waals surface area contributed by atoms with Gasteiger partial charge in [0.05, 0.1) is 0 Å². The Morgan fingerprint density at radius 3 is 2.89 bits per heavy atom. The molecule has 0 amide bonds. The Morgan fingerprint density at radius 2 is 2.21 bits per heavy atom. The first-order chi connectivity index (χ1) is 9.42. The molecule has 0 bridgehead atoms. The lowest BCUT2D eigenvalue weighted by Gasteiger charge is -2.22. The van der Waals surface area contributed by atoms with Crippen molar-refractivity contribution in [1.29, 1.82) is 0 Å². The van der Waals surface area contributed by atoms with Gasteiger partial charge in [0.2, 0.25) is 5.95 Å². The summed E-state index contributed by atoms with van der Waals surface area (Å²) in [4.78, 5) is 11.9. The molecule has 0 aromatic carbocycles. The molecule has 1 aliphatic heterocycles. The molecular weight excluding hydrogens is 238 g/mol. The van der Waals surface area contributed by atoms with Crippen LogP contribution in [0, 0.1) is 5.92 Å². The SMILES string of the molecule is c1c[nH]c(-c2cnc(NCC3CCCNC3)nc2)c1. The maximum Gasteiger partial charge on any atom is 0.222 e. The van der Waals surface area contributed by atoms with E-state index in [1.54, 1.807) is 0 Å². The van der Waals surface area contributed by atoms with Crippen molar-refractivity contribution in [2.24, 2.45) is 5.92 Å². The standard InChI is InChI=1S/C14H19N5/c1-3-11(7-15-5-1)8-17-14-18-9-12(10-19-14)13-4-2-6-16-13/h2,4,6,9-11,15-16H,1,3,5,7-8H2,(H,17,18,19). The van der Waals surface area contributed by atoms with Gasteiger partial charge < -0.3 is 15.6 Å². The number of aromatic nitrogens is 3. The van der Waals surface area contributed by atoms with Crippen LogP contribution in [-0.4, -0.2) is 34.6 Å². The highest BCUT2D eigenvalue weighted by molar-refractivity contribution is 5.57. The van der Waals surface area contributed by atoms with E-state index in [4.69, 9.17) is 0 Å². The van der Waals surface area contributed by atoms with E-state index in [1.807, 2.05) is 30.7 Å². The highest BCUT2D eigenvalue weighted by atomic mass is 15.1. The Morgan fingerprint density at radius 1 is 1.32 bits per heavy atom. The normalized spacial score (nSPS) is 19.3. The summed E-state index contributed by atoms with van der Waals surface area (Å²) in [6, 6.07) is 3.98. The molecule has 0 radical (unpaired) electrons. The van der Waals surface area contributed by atoms with Crippen LogP contribution in [0.2, 0.25) is 0 Å². The van der Waals surface area contributed by atoms with Crippen LogP contribution >= 0.6 is 0 Å². The third-order valence-corrected chi connectivity index (χ3v) is 3.51. The first-order valence-electron chi connectivity index (χ1n) is 6.82. The van der Waals surface area contributed by atoms with Gasteiger partial charge in [-0.05, 0) is 44.0 Å². The average Bonchev–Trinajstić information content (AvgIpc) is 3.01. The Balaban J connectivity index is 1.57. The van der Waals surface area contributed by atoms with Gasteiger partial charge in [0.1, 0.15) is 0 Å². The maximum absolute atomic E-state index is 4.36. The molecular formula is C14H19N5. The second-order valence-electron chi connectivity index (χ2n) is 4.97. The molecule has 5 nitrogen and oxygen atoms in total. The van der Waals surface area contributed by atoms with Gasteiger partial charge in [-0.3, -0.25) is 0 Å². The average molecular weight is 257 g/mol. The van der Waals surface area contributed by atoms with E-state index in [9.17, 15) is 0 Å². The quantitative estimate of drug-likeness (QED) is 0.782. The van der Waals surface area contributed by atoms with E-state index in [-0.39, 0.29) is 0 Å². The number of hydrogen-bond acceptors (Lipinski definition) is 4. The van der Waals surface area contributed by atoms with Crippen molar-refractivity contribution < 1.29 is 0 Å². The number of hydrogen-bond donors (Lipinski definition) is 3. The van der Waals surface area contributed by atoms with Gasteiger partial charge in [-0.2, -0.15) is 0 Å².